The summed E-state index contributed by atoms with van der Waals surface area (Å²) in [4.78, 5) is 34.3. The van der Waals surface area contributed by atoms with Gasteiger partial charge in [0.05, 0.1) is 6.54 Å². The topological polar surface area (TPSA) is 99.0 Å². The molecule has 1 heterocycles. The summed E-state index contributed by atoms with van der Waals surface area (Å²) in [6, 6.07) is 7.92. The number of urea groups is 2. The van der Waals surface area contributed by atoms with Gasteiger partial charge in [0.1, 0.15) is 0 Å². The number of nitrogens with two attached hydrogens (primary N) is 1. The van der Waals surface area contributed by atoms with E-state index in [2.05, 4.69) is 5.43 Å². The van der Waals surface area contributed by atoms with Crippen LogP contribution in [0.15, 0.2) is 30.3 Å². The third-order valence-corrected chi connectivity index (χ3v) is 3.10. The Kier molecular flexibility index (Phi) is 5.28. The molecule has 0 unspecified atom stereocenters. The summed E-state index contributed by atoms with van der Waals surface area (Å²) in [5.74, 6) is 0. The van der Waals surface area contributed by atoms with Gasteiger partial charge in [0.15, 0.2) is 0 Å². The van der Waals surface area contributed by atoms with Gasteiger partial charge in [-0.25, -0.2) is 19.6 Å². The van der Waals surface area contributed by atoms with Crippen LogP contribution in [0.3, 0.4) is 0 Å². The maximum absolute atomic E-state index is 12.4. The van der Waals surface area contributed by atoms with Crippen LogP contribution in [-0.4, -0.2) is 46.6 Å². The Morgan fingerprint density at radius 1 is 1.23 bits per heavy atom. The molecule has 0 aromatic heterocycles. The molecule has 1 saturated heterocycles. The van der Waals surface area contributed by atoms with Crippen LogP contribution < -0.4 is 11.2 Å². The Bertz CT molecular complexity index is 528. The van der Waals surface area contributed by atoms with E-state index in [9.17, 15) is 14.4 Å². The standard InChI is InChI=1S/C13H16N5O3.Fm/c14-12(20)17-7-4-8-18(17)13(21)16(15-10-19)9-11-5-2-1-3-6-11;/h1-3,5-6H,4,7-9H2,(H2,14,20)(H,15,19);/q-1;. The Hall–Kier alpha value is -3.77. The summed E-state index contributed by atoms with van der Waals surface area (Å²) in [5, 5.41) is 3.46. The smallest absolute Gasteiger partial charge is 0.355 e. The summed E-state index contributed by atoms with van der Waals surface area (Å²) in [5.41, 5.74) is 8.29. The van der Waals surface area contributed by atoms with Crippen molar-refractivity contribution in [3.63, 3.8) is 0 Å². The molecule has 1 aliphatic rings. The van der Waals surface area contributed by atoms with Crippen LogP contribution in [0, 0.1) is 0 Å². The number of primary amides is 1. The zero-order valence-electron chi connectivity index (χ0n) is 11.6. The largest absolute Gasteiger partial charge is 0.518 e. The normalized spacial score (nSPS) is 13.3. The van der Waals surface area contributed by atoms with Crippen LogP contribution >= 0.6 is 0 Å². The van der Waals surface area contributed by atoms with Crippen molar-refractivity contribution in [2.75, 3.05) is 13.1 Å². The molecule has 8 nitrogen and oxygen atoms in total. The predicted octanol–water partition coefficient (Wildman–Crippen LogP) is 0.182. The van der Waals surface area contributed by atoms with Crippen molar-refractivity contribution in [2.24, 2.45) is 5.73 Å². The van der Waals surface area contributed by atoms with Crippen molar-refractivity contribution in [1.82, 2.24) is 20.5 Å². The van der Waals surface area contributed by atoms with Crippen molar-refractivity contribution >= 4 is 18.5 Å². The molecule has 9 heteroatoms. The van der Waals surface area contributed by atoms with E-state index in [1.54, 1.807) is 0 Å². The van der Waals surface area contributed by atoms with Gasteiger partial charge in [0, 0.05) is 13.1 Å². The number of carbonyl (C=O) groups is 2. The molecule has 1 aliphatic heterocycles. The average Bonchev–Trinajstić information content (AvgIpc) is 2.97. The molecule has 1 aromatic rings. The van der Waals surface area contributed by atoms with Crippen molar-refractivity contribution < 1.29 is 14.4 Å². The molecule has 1 fully saturated rings. The maximum atomic E-state index is 12.4. The summed E-state index contributed by atoms with van der Waals surface area (Å²) in [6.45, 7) is 0.913. The van der Waals surface area contributed by atoms with Gasteiger partial charge in [-0.1, -0.05) is 30.3 Å². The van der Waals surface area contributed by atoms with Crippen LogP contribution in [0.2, 0.25) is 0 Å². The summed E-state index contributed by atoms with van der Waals surface area (Å²) in [7, 11) is 0. The summed E-state index contributed by atoms with van der Waals surface area (Å²) in [6.07, 6.45) is 2.12. The third kappa shape index (κ3) is 3.41. The zero-order chi connectivity index (χ0) is 15.2. The molecule has 2 rings (SSSR count). The fourth-order valence-corrected chi connectivity index (χ4v) is 2.16. The molecule has 124 valence electrons. The number of hydrazine groups is 2. The van der Waals surface area contributed by atoms with Gasteiger partial charge in [0.2, 0.25) is 0 Å². The van der Waals surface area contributed by atoms with Gasteiger partial charge in [0.25, 0.3) is 0 Å². The van der Waals surface area contributed by atoms with Crippen molar-refractivity contribution in [3.8, 4) is 0 Å². The second kappa shape index (κ2) is 7.13. The SMILES string of the molecule is NC(=O)N1CCCN1C(=O)N(Cc1ccccc1)N[C-]=O.[Fm]. The molecular formula is C13H16FmN5O3-. The monoisotopic (exact) mass is 547 g/mol. The second-order valence-corrected chi connectivity index (χ2v) is 4.51. The minimum Gasteiger partial charge on any atom is -0.518 e. The van der Waals surface area contributed by atoms with Crippen LogP contribution in [0.5, 0.6) is 0 Å². The summed E-state index contributed by atoms with van der Waals surface area (Å²) < 4.78 is 0. The van der Waals surface area contributed by atoms with Gasteiger partial charge in [-0.05, 0) is 12.0 Å². The van der Waals surface area contributed by atoms with Crippen LogP contribution in [0.25, 0.3) is 0 Å². The number of amides is 5. The molecule has 0 saturated carbocycles. The minimum atomic E-state index is -0.699. The van der Waals surface area contributed by atoms with Crippen molar-refractivity contribution in [3.05, 3.63) is 35.9 Å². The maximum Gasteiger partial charge on any atom is 0.355 e. The molecule has 3 N–H and O–H groups in total. The number of carbonyl (C=O) groups excluding carboxylic acids is 3. The van der Waals surface area contributed by atoms with E-state index >= 15 is 0 Å². The van der Waals surface area contributed by atoms with Gasteiger partial charge in [-0.15, -0.1) is 6.41 Å². The first-order valence-electron chi connectivity index (χ1n) is 6.46. The van der Waals surface area contributed by atoms with Crippen LogP contribution in [0.1, 0.15) is 12.0 Å². The summed E-state index contributed by atoms with van der Waals surface area (Å²) >= 11 is 0. The van der Waals surface area contributed by atoms with E-state index in [4.69, 9.17) is 5.73 Å². The Morgan fingerprint density at radius 3 is 2.45 bits per heavy atom. The molecule has 0 atom stereocenters. The van der Waals surface area contributed by atoms with Crippen molar-refractivity contribution in [1.29, 1.82) is 0 Å². The van der Waals surface area contributed by atoms with Crippen LogP contribution in [0.4, 0.5) is 9.59 Å². The molecule has 0 aliphatic carbocycles. The van der Waals surface area contributed by atoms with Crippen molar-refractivity contribution in [2.45, 2.75) is 13.0 Å². The van der Waals surface area contributed by atoms with E-state index in [0.29, 0.717) is 19.5 Å². The van der Waals surface area contributed by atoms with Gasteiger partial charge < -0.3 is 16.0 Å². The van der Waals surface area contributed by atoms with Gasteiger partial charge in [-0.3, -0.25) is 5.01 Å². The fraction of sp³-hybridized carbons (Fsp3) is 0.308. The Balaban J connectivity index is 0.00000242. The number of nitrogens with zero attached hydrogens (tertiary/aromatic N) is 3. The van der Waals surface area contributed by atoms with Gasteiger partial charge in [-0.2, -0.15) is 0 Å². The predicted molar refractivity (Wildman–Crippen MR) is 73.8 cm³/mol. The molecule has 1 aromatic carbocycles. The molecule has 0 radical (unpaired) electrons. The number of rotatable bonds is 4. The molecule has 22 heavy (non-hydrogen) atoms. The fourth-order valence-electron chi connectivity index (χ4n) is 2.16. The zero-order valence-corrected chi connectivity index (χ0v) is 14.1. The van der Waals surface area contributed by atoms with Crippen LogP contribution in [-0.2, 0) is 11.3 Å². The quantitative estimate of drug-likeness (QED) is 0.320. The number of hydrogen-bond donors (Lipinski definition) is 2. The number of benzene rings is 1. The van der Waals surface area contributed by atoms with E-state index < -0.39 is 12.1 Å². The van der Waals surface area contributed by atoms with E-state index in [1.165, 1.54) is 11.4 Å². The number of nitrogens with one attached hydrogen (secondary N) is 1. The van der Waals surface area contributed by atoms with E-state index in [-0.39, 0.29) is 6.54 Å². The first kappa shape index (κ1) is 16.3. The molecule has 0 bridgehead atoms. The first-order chi connectivity index (χ1) is 10.1. The molecule has 0 spiro atoms. The van der Waals surface area contributed by atoms with Gasteiger partial charge >= 0.3 is 12.1 Å². The Morgan fingerprint density at radius 2 is 1.86 bits per heavy atom. The average molecular weight is 547 g/mol. The minimum absolute atomic E-state index is 0. The third-order valence-electron chi connectivity index (χ3n) is 3.10. The van der Waals surface area contributed by atoms with E-state index in [1.807, 2.05) is 30.3 Å². The van der Waals surface area contributed by atoms with E-state index in [0.717, 1.165) is 15.6 Å². The molecular weight excluding hydrogens is 531 g/mol. The Labute approximate surface area is 122 Å². The second-order valence-electron chi connectivity index (χ2n) is 4.51. The molecule has 5 amide bonds. The first-order valence-corrected chi connectivity index (χ1v) is 6.46. The number of hydrogen-bond acceptors (Lipinski definition) is 3.